The topological polar surface area (TPSA) is 75.4 Å². The number of hydrogen-bond donors (Lipinski definition) is 2. The van der Waals surface area contributed by atoms with Gasteiger partial charge in [0.15, 0.2) is 0 Å². The minimum Gasteiger partial charge on any atom is -0.370 e. The number of benzene rings is 2. The van der Waals surface area contributed by atoms with Crippen molar-refractivity contribution in [1.82, 2.24) is 5.32 Å². The number of anilines is 1. The molecule has 30 heavy (non-hydrogen) atoms. The van der Waals surface area contributed by atoms with Crippen molar-refractivity contribution >= 4 is 52.5 Å². The molecule has 0 aromatic heterocycles. The minimum atomic E-state index is -0.246. The number of piperidine rings is 1. The third kappa shape index (κ3) is 6.30. The standard InChI is InChI=1S/C22H25Cl2N3O2S/c23-18-8-7-15(10-19(18)24)13-30-14-21(28)26-11-16-4-1-2-6-20(16)27-9-3-5-17(12-27)22(25)29/h1-2,4,6-8,10,17H,3,5,9,11-14H2,(H2,25,29)(H,26,28). The Morgan fingerprint density at radius 2 is 1.97 bits per heavy atom. The molecule has 0 radical (unpaired) electrons. The summed E-state index contributed by atoms with van der Waals surface area (Å²) < 4.78 is 0. The number of carbonyl (C=O) groups is 2. The van der Waals surface area contributed by atoms with Crippen LogP contribution in [0.1, 0.15) is 24.0 Å². The van der Waals surface area contributed by atoms with E-state index in [2.05, 4.69) is 10.2 Å². The number of primary amides is 1. The van der Waals surface area contributed by atoms with E-state index < -0.39 is 0 Å². The second kappa shape index (κ2) is 10.9. The van der Waals surface area contributed by atoms with Crippen LogP contribution in [0.25, 0.3) is 0 Å². The van der Waals surface area contributed by atoms with Crippen LogP contribution in [-0.2, 0) is 21.9 Å². The van der Waals surface area contributed by atoms with E-state index in [-0.39, 0.29) is 17.7 Å². The quantitative estimate of drug-likeness (QED) is 0.610. The lowest BCUT2D eigenvalue weighted by Crippen LogP contribution is -2.41. The van der Waals surface area contributed by atoms with Crippen LogP contribution in [0.5, 0.6) is 0 Å². The van der Waals surface area contributed by atoms with Crippen molar-refractivity contribution in [2.24, 2.45) is 11.7 Å². The van der Waals surface area contributed by atoms with E-state index in [1.165, 1.54) is 11.8 Å². The molecule has 1 fully saturated rings. The number of nitrogens with zero attached hydrogens (tertiary/aromatic N) is 1. The summed E-state index contributed by atoms with van der Waals surface area (Å²) in [4.78, 5) is 26.1. The number of rotatable bonds is 8. The van der Waals surface area contributed by atoms with Gasteiger partial charge in [0.1, 0.15) is 0 Å². The Kier molecular flexibility index (Phi) is 8.31. The monoisotopic (exact) mass is 465 g/mol. The molecule has 1 aliphatic heterocycles. The lowest BCUT2D eigenvalue weighted by molar-refractivity contribution is -0.122. The van der Waals surface area contributed by atoms with Crippen molar-refractivity contribution < 1.29 is 9.59 Å². The van der Waals surface area contributed by atoms with E-state index in [1.807, 2.05) is 36.4 Å². The predicted molar refractivity (Wildman–Crippen MR) is 125 cm³/mol. The molecular formula is C22H25Cl2N3O2S. The second-order valence-corrected chi connectivity index (χ2v) is 9.13. The molecule has 1 unspecified atom stereocenters. The van der Waals surface area contributed by atoms with Crippen LogP contribution in [0.4, 0.5) is 5.69 Å². The van der Waals surface area contributed by atoms with Gasteiger partial charge < -0.3 is 16.0 Å². The number of nitrogens with two attached hydrogens (primary N) is 1. The van der Waals surface area contributed by atoms with Crippen molar-refractivity contribution in [3.05, 3.63) is 63.6 Å². The predicted octanol–water partition coefficient (Wildman–Crippen LogP) is 4.24. The maximum atomic E-state index is 12.3. The molecule has 2 aromatic carbocycles. The summed E-state index contributed by atoms with van der Waals surface area (Å²) in [5.41, 5.74) is 8.62. The average Bonchev–Trinajstić information content (AvgIpc) is 2.75. The summed E-state index contributed by atoms with van der Waals surface area (Å²) in [5.74, 6) is 0.645. The van der Waals surface area contributed by atoms with E-state index in [9.17, 15) is 9.59 Å². The average molecular weight is 466 g/mol. The fraction of sp³-hybridized carbons (Fsp3) is 0.364. The molecule has 5 nitrogen and oxygen atoms in total. The van der Waals surface area contributed by atoms with Crippen LogP contribution in [0.15, 0.2) is 42.5 Å². The molecule has 0 saturated carbocycles. The zero-order chi connectivity index (χ0) is 21.5. The molecule has 1 saturated heterocycles. The first kappa shape index (κ1) is 22.8. The van der Waals surface area contributed by atoms with Gasteiger partial charge in [-0.3, -0.25) is 9.59 Å². The van der Waals surface area contributed by atoms with Gasteiger partial charge in [-0.1, -0.05) is 47.5 Å². The van der Waals surface area contributed by atoms with Crippen molar-refractivity contribution in [2.45, 2.75) is 25.1 Å². The first-order chi connectivity index (χ1) is 14.4. The molecule has 3 rings (SSSR count). The molecule has 2 amide bonds. The number of halogens is 2. The molecule has 0 spiro atoms. The van der Waals surface area contributed by atoms with Crippen LogP contribution in [0.3, 0.4) is 0 Å². The number of carbonyl (C=O) groups excluding carboxylic acids is 2. The van der Waals surface area contributed by atoms with Crippen LogP contribution >= 0.6 is 35.0 Å². The Bertz CT molecular complexity index is 910. The normalized spacial score (nSPS) is 16.3. The maximum absolute atomic E-state index is 12.3. The highest BCUT2D eigenvalue weighted by molar-refractivity contribution is 7.99. The summed E-state index contributed by atoms with van der Waals surface area (Å²) in [6.45, 7) is 1.95. The molecule has 3 N–H and O–H groups in total. The Morgan fingerprint density at radius 3 is 2.73 bits per heavy atom. The van der Waals surface area contributed by atoms with Crippen molar-refractivity contribution in [3.8, 4) is 0 Å². The third-order valence-corrected chi connectivity index (χ3v) is 6.86. The van der Waals surface area contributed by atoms with Crippen LogP contribution < -0.4 is 16.0 Å². The molecule has 1 atom stereocenters. The maximum Gasteiger partial charge on any atom is 0.230 e. The van der Waals surface area contributed by atoms with E-state index in [1.54, 1.807) is 6.07 Å². The Morgan fingerprint density at radius 1 is 1.17 bits per heavy atom. The van der Waals surface area contributed by atoms with Gasteiger partial charge in [0.25, 0.3) is 0 Å². The summed E-state index contributed by atoms with van der Waals surface area (Å²) >= 11 is 13.5. The number of thioether (sulfide) groups is 1. The van der Waals surface area contributed by atoms with Gasteiger partial charge in [-0.05, 0) is 42.2 Å². The first-order valence-corrected chi connectivity index (χ1v) is 11.8. The molecular weight excluding hydrogens is 441 g/mol. The van der Waals surface area contributed by atoms with Gasteiger partial charge in [0, 0.05) is 31.1 Å². The van der Waals surface area contributed by atoms with Crippen molar-refractivity contribution in [3.63, 3.8) is 0 Å². The Balaban J connectivity index is 1.51. The zero-order valence-electron chi connectivity index (χ0n) is 16.6. The molecule has 0 aliphatic carbocycles. The Labute approximate surface area is 191 Å². The van der Waals surface area contributed by atoms with Crippen LogP contribution in [-0.4, -0.2) is 30.7 Å². The lowest BCUT2D eigenvalue weighted by atomic mass is 9.96. The Hall–Kier alpha value is -1.89. The van der Waals surface area contributed by atoms with Crippen LogP contribution in [0.2, 0.25) is 10.0 Å². The van der Waals surface area contributed by atoms with Crippen LogP contribution in [0, 0.1) is 5.92 Å². The van der Waals surface area contributed by atoms with Crippen molar-refractivity contribution in [2.75, 3.05) is 23.7 Å². The van der Waals surface area contributed by atoms with E-state index in [4.69, 9.17) is 28.9 Å². The molecule has 0 bridgehead atoms. The SMILES string of the molecule is NC(=O)C1CCCN(c2ccccc2CNC(=O)CSCc2ccc(Cl)c(Cl)c2)C1. The van der Waals surface area contributed by atoms with Gasteiger partial charge in [-0.2, -0.15) is 0 Å². The van der Waals surface area contributed by atoms with Gasteiger partial charge in [0.2, 0.25) is 11.8 Å². The van der Waals surface area contributed by atoms with E-state index in [0.717, 1.165) is 36.2 Å². The van der Waals surface area contributed by atoms with E-state index in [0.29, 0.717) is 34.6 Å². The number of amides is 2. The molecule has 1 heterocycles. The summed E-state index contributed by atoms with van der Waals surface area (Å²) in [5, 5.41) is 4.04. The van der Waals surface area contributed by atoms with Crippen molar-refractivity contribution in [1.29, 1.82) is 0 Å². The zero-order valence-corrected chi connectivity index (χ0v) is 18.9. The molecule has 160 valence electrons. The van der Waals surface area contributed by atoms with Gasteiger partial charge >= 0.3 is 0 Å². The third-order valence-electron chi connectivity index (χ3n) is 5.12. The highest BCUT2D eigenvalue weighted by Crippen LogP contribution is 2.27. The number of para-hydroxylation sites is 1. The van der Waals surface area contributed by atoms with Gasteiger partial charge in [-0.25, -0.2) is 0 Å². The summed E-state index contributed by atoms with van der Waals surface area (Å²) in [7, 11) is 0. The fourth-order valence-electron chi connectivity index (χ4n) is 3.53. The fourth-order valence-corrected chi connectivity index (χ4v) is 4.66. The first-order valence-electron chi connectivity index (χ1n) is 9.84. The second-order valence-electron chi connectivity index (χ2n) is 7.33. The molecule has 1 aliphatic rings. The molecule has 2 aromatic rings. The lowest BCUT2D eigenvalue weighted by Gasteiger charge is -2.34. The largest absolute Gasteiger partial charge is 0.370 e. The summed E-state index contributed by atoms with van der Waals surface area (Å²) in [6.07, 6.45) is 1.76. The minimum absolute atomic E-state index is 0.0245. The number of nitrogens with one attached hydrogen (secondary N) is 1. The molecule has 8 heteroatoms. The van der Waals surface area contributed by atoms with Gasteiger partial charge in [-0.15, -0.1) is 11.8 Å². The number of hydrogen-bond acceptors (Lipinski definition) is 4. The highest BCUT2D eigenvalue weighted by Gasteiger charge is 2.25. The van der Waals surface area contributed by atoms with Gasteiger partial charge in [0.05, 0.1) is 21.7 Å². The summed E-state index contributed by atoms with van der Waals surface area (Å²) in [6, 6.07) is 13.5. The smallest absolute Gasteiger partial charge is 0.230 e. The van der Waals surface area contributed by atoms with E-state index >= 15 is 0 Å². The highest BCUT2D eigenvalue weighted by atomic mass is 35.5.